The standard InChI is InChI=1S/C9H14O5S/c1-6(10)13-4-9(14-7(2)11)5-15-8(3)12/h9H,4-5H2,1-3H3/t9-/m1/s1. The molecule has 0 saturated carbocycles. The van der Waals surface area contributed by atoms with Gasteiger partial charge in [-0.15, -0.1) is 0 Å². The van der Waals surface area contributed by atoms with Crippen molar-refractivity contribution in [3.05, 3.63) is 0 Å². The lowest BCUT2D eigenvalue weighted by molar-refractivity contribution is -0.154. The van der Waals surface area contributed by atoms with E-state index in [0.717, 1.165) is 11.8 Å². The van der Waals surface area contributed by atoms with Gasteiger partial charge in [0.1, 0.15) is 12.7 Å². The fourth-order valence-corrected chi connectivity index (χ4v) is 1.36. The lowest BCUT2D eigenvalue weighted by atomic mass is 10.4. The van der Waals surface area contributed by atoms with Crippen molar-refractivity contribution in [2.45, 2.75) is 26.9 Å². The van der Waals surface area contributed by atoms with Crippen molar-refractivity contribution in [2.75, 3.05) is 12.4 Å². The molecule has 86 valence electrons. The van der Waals surface area contributed by atoms with Gasteiger partial charge in [-0.3, -0.25) is 14.4 Å². The summed E-state index contributed by atoms with van der Waals surface area (Å²) in [7, 11) is 0. The van der Waals surface area contributed by atoms with Gasteiger partial charge in [0.2, 0.25) is 0 Å². The summed E-state index contributed by atoms with van der Waals surface area (Å²) >= 11 is 1.03. The minimum atomic E-state index is -0.569. The van der Waals surface area contributed by atoms with Crippen molar-refractivity contribution < 1.29 is 23.9 Å². The van der Waals surface area contributed by atoms with Crippen molar-refractivity contribution in [1.29, 1.82) is 0 Å². The Morgan fingerprint density at radius 1 is 1.13 bits per heavy atom. The van der Waals surface area contributed by atoms with Gasteiger partial charge < -0.3 is 9.47 Å². The Hall–Kier alpha value is -1.04. The van der Waals surface area contributed by atoms with Crippen molar-refractivity contribution in [2.24, 2.45) is 0 Å². The summed E-state index contributed by atoms with van der Waals surface area (Å²) in [6.07, 6.45) is -0.569. The number of thioether (sulfide) groups is 1. The topological polar surface area (TPSA) is 69.7 Å². The number of hydrogen-bond acceptors (Lipinski definition) is 6. The average Bonchev–Trinajstić information content (AvgIpc) is 2.08. The van der Waals surface area contributed by atoms with Gasteiger partial charge in [-0.1, -0.05) is 11.8 Å². The first-order valence-electron chi connectivity index (χ1n) is 4.35. The van der Waals surface area contributed by atoms with E-state index in [1.807, 2.05) is 0 Å². The van der Waals surface area contributed by atoms with Gasteiger partial charge in [-0.2, -0.15) is 0 Å². The third kappa shape index (κ3) is 9.27. The van der Waals surface area contributed by atoms with Crippen LogP contribution in [0.1, 0.15) is 20.8 Å². The van der Waals surface area contributed by atoms with Crippen molar-refractivity contribution in [3.63, 3.8) is 0 Å². The number of hydrogen-bond donors (Lipinski definition) is 0. The minimum Gasteiger partial charge on any atom is -0.462 e. The summed E-state index contributed by atoms with van der Waals surface area (Å²) in [5.41, 5.74) is 0. The molecule has 0 amide bonds. The SMILES string of the molecule is CC(=O)OC[C@H](CSC(C)=O)OC(C)=O. The first kappa shape index (κ1) is 14.0. The van der Waals surface area contributed by atoms with Crippen LogP contribution in [0, 0.1) is 0 Å². The molecule has 0 aliphatic rings. The predicted molar refractivity (Wildman–Crippen MR) is 55.3 cm³/mol. The zero-order chi connectivity index (χ0) is 11.8. The van der Waals surface area contributed by atoms with Gasteiger partial charge in [0, 0.05) is 26.5 Å². The van der Waals surface area contributed by atoms with E-state index in [0.29, 0.717) is 5.75 Å². The van der Waals surface area contributed by atoms with Crippen LogP contribution in [0.4, 0.5) is 0 Å². The van der Waals surface area contributed by atoms with Crippen LogP contribution in [0.25, 0.3) is 0 Å². The highest BCUT2D eigenvalue weighted by Gasteiger charge is 2.15. The van der Waals surface area contributed by atoms with Gasteiger partial charge >= 0.3 is 11.9 Å². The van der Waals surface area contributed by atoms with Crippen LogP contribution in [0.15, 0.2) is 0 Å². The van der Waals surface area contributed by atoms with Crippen molar-refractivity contribution >= 4 is 28.8 Å². The second-order valence-corrected chi connectivity index (χ2v) is 4.03. The highest BCUT2D eigenvalue weighted by molar-refractivity contribution is 8.13. The molecule has 5 nitrogen and oxygen atoms in total. The quantitative estimate of drug-likeness (QED) is 0.654. The zero-order valence-electron chi connectivity index (χ0n) is 8.94. The predicted octanol–water partition coefficient (Wildman–Crippen LogP) is 0.761. The molecule has 0 aromatic heterocycles. The first-order valence-corrected chi connectivity index (χ1v) is 5.34. The van der Waals surface area contributed by atoms with Gasteiger partial charge in [-0.05, 0) is 0 Å². The van der Waals surface area contributed by atoms with Crippen LogP contribution < -0.4 is 0 Å². The minimum absolute atomic E-state index is 0.0187. The van der Waals surface area contributed by atoms with E-state index < -0.39 is 18.0 Å². The maximum absolute atomic E-state index is 10.7. The summed E-state index contributed by atoms with van der Waals surface area (Å²) in [6, 6.07) is 0. The van der Waals surface area contributed by atoms with Crippen LogP contribution in [0.3, 0.4) is 0 Å². The molecule has 0 rings (SSSR count). The molecule has 0 aliphatic carbocycles. The molecule has 0 bridgehead atoms. The van der Waals surface area contributed by atoms with E-state index in [1.165, 1.54) is 20.8 Å². The van der Waals surface area contributed by atoms with Crippen LogP contribution >= 0.6 is 11.8 Å². The summed E-state index contributed by atoms with van der Waals surface area (Å²) in [5.74, 6) is -0.612. The highest BCUT2D eigenvalue weighted by atomic mass is 32.2. The van der Waals surface area contributed by atoms with Gasteiger partial charge in [0.15, 0.2) is 5.12 Å². The average molecular weight is 234 g/mol. The molecule has 0 unspecified atom stereocenters. The Kier molecular flexibility index (Phi) is 6.77. The molecule has 6 heteroatoms. The maximum atomic E-state index is 10.7. The second-order valence-electron chi connectivity index (χ2n) is 2.84. The Morgan fingerprint density at radius 3 is 2.13 bits per heavy atom. The van der Waals surface area contributed by atoms with Crippen LogP contribution in [-0.2, 0) is 23.9 Å². The third-order valence-electron chi connectivity index (χ3n) is 1.28. The van der Waals surface area contributed by atoms with E-state index in [-0.39, 0.29) is 11.7 Å². The smallest absolute Gasteiger partial charge is 0.303 e. The lowest BCUT2D eigenvalue weighted by Crippen LogP contribution is -2.26. The molecule has 0 aromatic rings. The number of ether oxygens (including phenoxy) is 2. The molecule has 0 aromatic carbocycles. The molecule has 1 atom stereocenters. The summed E-state index contributed by atoms with van der Waals surface area (Å²) in [5, 5.41) is -0.0741. The number of carbonyl (C=O) groups excluding carboxylic acids is 3. The molecule has 0 fully saturated rings. The maximum Gasteiger partial charge on any atom is 0.303 e. The highest BCUT2D eigenvalue weighted by Crippen LogP contribution is 2.07. The van der Waals surface area contributed by atoms with Gasteiger partial charge in [0.05, 0.1) is 0 Å². The molecule has 0 heterocycles. The van der Waals surface area contributed by atoms with Crippen molar-refractivity contribution in [1.82, 2.24) is 0 Å². The van der Waals surface area contributed by atoms with Crippen molar-refractivity contribution in [3.8, 4) is 0 Å². The number of carbonyl (C=O) groups is 3. The Bertz CT molecular complexity index is 233. The van der Waals surface area contributed by atoms with E-state index in [4.69, 9.17) is 9.47 Å². The first-order chi connectivity index (χ1) is 6.91. The Labute approximate surface area is 92.5 Å². The largest absolute Gasteiger partial charge is 0.462 e. The Morgan fingerprint density at radius 2 is 1.73 bits per heavy atom. The van der Waals surface area contributed by atoms with Gasteiger partial charge in [-0.25, -0.2) is 0 Å². The number of esters is 2. The zero-order valence-corrected chi connectivity index (χ0v) is 9.76. The fourth-order valence-electron chi connectivity index (χ4n) is 0.771. The van der Waals surface area contributed by atoms with E-state index in [1.54, 1.807) is 0 Å². The molecule has 0 radical (unpaired) electrons. The summed E-state index contributed by atoms with van der Waals surface area (Å²) in [4.78, 5) is 31.9. The lowest BCUT2D eigenvalue weighted by Gasteiger charge is -2.15. The normalized spacial score (nSPS) is 11.7. The molecule has 0 spiro atoms. The summed E-state index contributed by atoms with van der Waals surface area (Å²) < 4.78 is 9.56. The number of rotatable bonds is 5. The molecular formula is C9H14O5S. The Balaban J connectivity index is 3.99. The van der Waals surface area contributed by atoms with Crippen LogP contribution in [0.2, 0.25) is 0 Å². The molecule has 0 saturated heterocycles. The third-order valence-corrected chi connectivity index (χ3v) is 2.22. The molecule has 0 aliphatic heterocycles. The van der Waals surface area contributed by atoms with E-state index in [2.05, 4.69) is 0 Å². The second kappa shape index (κ2) is 7.28. The molecule has 0 N–H and O–H groups in total. The van der Waals surface area contributed by atoms with Gasteiger partial charge in [0.25, 0.3) is 0 Å². The van der Waals surface area contributed by atoms with Crippen LogP contribution in [0.5, 0.6) is 0 Å². The monoisotopic (exact) mass is 234 g/mol. The fraction of sp³-hybridized carbons (Fsp3) is 0.667. The van der Waals surface area contributed by atoms with E-state index in [9.17, 15) is 14.4 Å². The summed E-state index contributed by atoms with van der Waals surface area (Å²) in [6.45, 7) is 3.93. The van der Waals surface area contributed by atoms with E-state index >= 15 is 0 Å². The molecular weight excluding hydrogens is 220 g/mol. The van der Waals surface area contributed by atoms with Crippen LogP contribution in [-0.4, -0.2) is 35.5 Å². The molecule has 15 heavy (non-hydrogen) atoms.